The Labute approximate surface area is 74.0 Å². The van der Waals surface area contributed by atoms with Crippen molar-refractivity contribution in [1.82, 2.24) is 4.57 Å². The van der Waals surface area contributed by atoms with Crippen LogP contribution in [0.2, 0.25) is 0 Å². The molecule has 1 aromatic rings. The highest BCUT2D eigenvalue weighted by atomic mass is 79.9. The average molecular weight is 216 g/mol. The van der Waals surface area contributed by atoms with Crippen LogP contribution in [-0.4, -0.2) is 4.57 Å². The van der Waals surface area contributed by atoms with Gasteiger partial charge in [-0.25, -0.2) is 0 Å². The molecule has 0 amide bonds. The van der Waals surface area contributed by atoms with Gasteiger partial charge in [0.25, 0.3) is 5.56 Å². The smallest absolute Gasteiger partial charge is 0.253 e. The molecule has 0 N–H and O–H groups in total. The van der Waals surface area contributed by atoms with Crippen LogP contribution in [0.1, 0.15) is 12.5 Å². The van der Waals surface area contributed by atoms with Crippen LogP contribution in [0.4, 0.5) is 0 Å². The van der Waals surface area contributed by atoms with E-state index in [0.717, 1.165) is 16.6 Å². The third kappa shape index (κ3) is 1.71. The van der Waals surface area contributed by atoms with E-state index in [1.54, 1.807) is 10.8 Å². The van der Waals surface area contributed by atoms with Crippen LogP contribution in [0.5, 0.6) is 0 Å². The number of aromatic nitrogens is 1. The predicted octanol–water partition coefficient (Wildman–Crippen LogP) is 1.94. The van der Waals surface area contributed by atoms with Gasteiger partial charge in [0.15, 0.2) is 0 Å². The summed E-state index contributed by atoms with van der Waals surface area (Å²) in [5, 5.41) is 0. The lowest BCUT2D eigenvalue weighted by Gasteiger charge is -2.02. The summed E-state index contributed by atoms with van der Waals surface area (Å²) in [4.78, 5) is 11.3. The molecule has 0 atom stereocenters. The van der Waals surface area contributed by atoms with Gasteiger partial charge in [-0.15, -0.1) is 0 Å². The van der Waals surface area contributed by atoms with E-state index in [1.165, 1.54) is 0 Å². The molecule has 0 aromatic carbocycles. The Morgan fingerprint density at radius 3 is 2.82 bits per heavy atom. The summed E-state index contributed by atoms with van der Waals surface area (Å²) in [6, 6.07) is 1.83. The van der Waals surface area contributed by atoms with Gasteiger partial charge in [0.1, 0.15) is 0 Å². The van der Waals surface area contributed by atoms with Crippen LogP contribution in [0.25, 0.3) is 0 Å². The van der Waals surface area contributed by atoms with Crippen molar-refractivity contribution < 1.29 is 0 Å². The largest absolute Gasteiger partial charge is 0.314 e. The van der Waals surface area contributed by atoms with Crippen molar-refractivity contribution in [2.24, 2.45) is 0 Å². The van der Waals surface area contributed by atoms with Crippen LogP contribution in [0, 0.1) is 6.92 Å². The maximum atomic E-state index is 11.3. The van der Waals surface area contributed by atoms with Crippen molar-refractivity contribution in [2.45, 2.75) is 20.4 Å². The first-order chi connectivity index (χ1) is 5.15. The minimum atomic E-state index is 0.0932. The van der Waals surface area contributed by atoms with Crippen molar-refractivity contribution in [2.75, 3.05) is 0 Å². The molecule has 0 aliphatic rings. The number of nitrogens with zero attached hydrogens (tertiary/aromatic N) is 1. The van der Waals surface area contributed by atoms with Crippen molar-refractivity contribution in [3.63, 3.8) is 0 Å². The van der Waals surface area contributed by atoms with Crippen molar-refractivity contribution in [1.29, 1.82) is 0 Å². The van der Waals surface area contributed by atoms with Gasteiger partial charge < -0.3 is 4.57 Å². The molecular formula is C8H10BrNO. The van der Waals surface area contributed by atoms with Crippen LogP contribution in [0.3, 0.4) is 0 Å². The highest BCUT2D eigenvalue weighted by Gasteiger charge is 1.98. The molecule has 0 saturated carbocycles. The number of halogens is 1. The van der Waals surface area contributed by atoms with E-state index >= 15 is 0 Å². The average Bonchev–Trinajstić information content (AvgIpc) is 1.96. The molecule has 2 nitrogen and oxygen atoms in total. The van der Waals surface area contributed by atoms with Crippen LogP contribution in [-0.2, 0) is 6.54 Å². The van der Waals surface area contributed by atoms with E-state index in [9.17, 15) is 4.79 Å². The topological polar surface area (TPSA) is 22.0 Å². The third-order valence-corrected chi connectivity index (χ3v) is 2.01. The van der Waals surface area contributed by atoms with Gasteiger partial charge >= 0.3 is 0 Å². The number of pyridine rings is 1. The summed E-state index contributed by atoms with van der Waals surface area (Å²) in [6.45, 7) is 4.49. The SMILES string of the molecule is CCn1cc(Br)cc(C)c1=O. The molecule has 0 aliphatic carbocycles. The molecule has 0 saturated heterocycles. The molecule has 0 spiro atoms. The molecule has 0 fully saturated rings. The Balaban J connectivity index is 3.37. The molecule has 1 rings (SSSR count). The summed E-state index contributed by atoms with van der Waals surface area (Å²) in [5.74, 6) is 0. The van der Waals surface area contributed by atoms with Gasteiger partial charge in [-0.2, -0.15) is 0 Å². The standard InChI is InChI=1S/C8H10BrNO/c1-3-10-5-7(9)4-6(2)8(10)11/h4-5H,3H2,1-2H3. The minimum Gasteiger partial charge on any atom is -0.314 e. The van der Waals surface area contributed by atoms with Gasteiger partial charge in [-0.1, -0.05) is 0 Å². The fourth-order valence-corrected chi connectivity index (χ4v) is 1.57. The molecule has 0 unspecified atom stereocenters. The zero-order valence-corrected chi connectivity index (χ0v) is 8.18. The van der Waals surface area contributed by atoms with Gasteiger partial charge in [-0.3, -0.25) is 4.79 Å². The summed E-state index contributed by atoms with van der Waals surface area (Å²) < 4.78 is 2.64. The molecule has 0 bridgehead atoms. The number of hydrogen-bond donors (Lipinski definition) is 0. The highest BCUT2D eigenvalue weighted by Crippen LogP contribution is 2.07. The number of hydrogen-bond acceptors (Lipinski definition) is 1. The van der Waals surface area contributed by atoms with Gasteiger partial charge in [0.05, 0.1) is 0 Å². The predicted molar refractivity (Wildman–Crippen MR) is 48.8 cm³/mol. The second-order valence-electron chi connectivity index (χ2n) is 2.43. The Hall–Kier alpha value is -0.570. The van der Waals surface area contributed by atoms with Gasteiger partial charge in [-0.05, 0) is 35.8 Å². The molecule has 1 heterocycles. The lowest BCUT2D eigenvalue weighted by atomic mass is 10.3. The fraction of sp³-hybridized carbons (Fsp3) is 0.375. The zero-order valence-electron chi connectivity index (χ0n) is 6.60. The molecule has 0 aliphatic heterocycles. The van der Waals surface area contributed by atoms with E-state index < -0.39 is 0 Å². The first-order valence-electron chi connectivity index (χ1n) is 3.51. The Kier molecular flexibility index (Phi) is 2.49. The Morgan fingerprint density at radius 2 is 2.27 bits per heavy atom. The first-order valence-corrected chi connectivity index (χ1v) is 4.31. The second kappa shape index (κ2) is 3.22. The van der Waals surface area contributed by atoms with E-state index in [4.69, 9.17) is 0 Å². The maximum Gasteiger partial charge on any atom is 0.253 e. The normalized spacial score (nSPS) is 10.1. The molecule has 1 aromatic heterocycles. The van der Waals surface area contributed by atoms with E-state index in [0.29, 0.717) is 0 Å². The molecule has 3 heteroatoms. The summed E-state index contributed by atoms with van der Waals surface area (Å²) in [5.41, 5.74) is 0.872. The van der Waals surface area contributed by atoms with Crippen LogP contribution < -0.4 is 5.56 Å². The minimum absolute atomic E-state index is 0.0932. The zero-order chi connectivity index (χ0) is 8.43. The highest BCUT2D eigenvalue weighted by molar-refractivity contribution is 9.10. The summed E-state index contributed by atoms with van der Waals surface area (Å²) in [6.07, 6.45) is 1.80. The number of rotatable bonds is 1. The summed E-state index contributed by atoms with van der Waals surface area (Å²) in [7, 11) is 0. The first kappa shape index (κ1) is 8.53. The van der Waals surface area contributed by atoms with Gasteiger partial charge in [0, 0.05) is 22.8 Å². The summed E-state index contributed by atoms with van der Waals surface area (Å²) >= 11 is 3.33. The molecule has 0 radical (unpaired) electrons. The van der Waals surface area contributed by atoms with Crippen LogP contribution in [0.15, 0.2) is 21.5 Å². The molecular weight excluding hydrogens is 206 g/mol. The van der Waals surface area contributed by atoms with E-state index in [2.05, 4.69) is 15.9 Å². The van der Waals surface area contributed by atoms with Crippen molar-refractivity contribution in [3.8, 4) is 0 Å². The lowest BCUT2D eigenvalue weighted by molar-refractivity contribution is 0.718. The van der Waals surface area contributed by atoms with Crippen molar-refractivity contribution in [3.05, 3.63) is 32.7 Å². The van der Waals surface area contributed by atoms with Crippen LogP contribution >= 0.6 is 15.9 Å². The number of aryl methyl sites for hydroxylation is 2. The van der Waals surface area contributed by atoms with E-state index in [1.807, 2.05) is 19.9 Å². The quantitative estimate of drug-likeness (QED) is 0.703. The monoisotopic (exact) mass is 215 g/mol. The maximum absolute atomic E-state index is 11.3. The lowest BCUT2D eigenvalue weighted by Crippen LogP contribution is -2.20. The second-order valence-corrected chi connectivity index (χ2v) is 3.35. The fourth-order valence-electron chi connectivity index (χ4n) is 0.975. The molecule has 60 valence electrons. The molecule has 11 heavy (non-hydrogen) atoms. The Morgan fingerprint density at radius 1 is 1.64 bits per heavy atom. The third-order valence-electron chi connectivity index (χ3n) is 1.57. The Bertz CT molecular complexity index is 316. The van der Waals surface area contributed by atoms with E-state index in [-0.39, 0.29) is 5.56 Å². The van der Waals surface area contributed by atoms with Gasteiger partial charge in [0.2, 0.25) is 0 Å². The van der Waals surface area contributed by atoms with Crippen molar-refractivity contribution >= 4 is 15.9 Å².